The maximum absolute atomic E-state index is 12.0. The Kier molecular flexibility index (Phi) is 5.19. The van der Waals surface area contributed by atoms with Crippen LogP contribution in [0.1, 0.15) is 22.8 Å². The Bertz CT molecular complexity index is 653. The molecule has 0 aliphatic heterocycles. The van der Waals surface area contributed by atoms with E-state index < -0.39 is 6.10 Å². The summed E-state index contributed by atoms with van der Waals surface area (Å²) >= 11 is 2.12. The van der Waals surface area contributed by atoms with Crippen LogP contribution in [-0.2, 0) is 4.74 Å². The predicted octanol–water partition coefficient (Wildman–Crippen LogP) is 3.89. The molecule has 1 atom stereocenters. The van der Waals surface area contributed by atoms with Crippen LogP contribution in [0.25, 0.3) is 0 Å². The summed E-state index contributed by atoms with van der Waals surface area (Å²) in [7, 11) is 0. The number of carbonyl (C=O) groups is 1. The molecule has 0 spiro atoms. The lowest BCUT2D eigenvalue weighted by Gasteiger charge is -2.08. The highest BCUT2D eigenvalue weighted by Crippen LogP contribution is 2.13. The number of rotatable bonds is 2. The topological polar surface area (TPSA) is 26.3 Å². The van der Waals surface area contributed by atoms with Crippen molar-refractivity contribution >= 4 is 28.6 Å². The lowest BCUT2D eigenvalue weighted by atomic mass is 10.2. The zero-order chi connectivity index (χ0) is 14.4. The Morgan fingerprint density at radius 3 is 2.45 bits per heavy atom. The molecule has 2 nitrogen and oxygen atoms in total. The van der Waals surface area contributed by atoms with E-state index in [0.29, 0.717) is 5.56 Å². The number of ether oxygens (including phenoxy) is 1. The van der Waals surface area contributed by atoms with Gasteiger partial charge in [0, 0.05) is 9.13 Å². The van der Waals surface area contributed by atoms with Crippen molar-refractivity contribution in [3.8, 4) is 11.8 Å². The lowest BCUT2D eigenvalue weighted by molar-refractivity contribution is 0.0437. The molecule has 3 heteroatoms. The summed E-state index contributed by atoms with van der Waals surface area (Å²) in [5.74, 6) is 5.57. The van der Waals surface area contributed by atoms with E-state index in [0.717, 1.165) is 9.13 Å². The molecular formula is C17H13IO2. The van der Waals surface area contributed by atoms with Crippen molar-refractivity contribution in [3.05, 3.63) is 69.3 Å². The third-order valence-electron chi connectivity index (χ3n) is 2.57. The molecule has 0 heterocycles. The van der Waals surface area contributed by atoms with Crippen LogP contribution in [0.4, 0.5) is 0 Å². The SMILES string of the molecule is CC(C#Cc1ccccc1)OC(=O)c1ccccc1I. The van der Waals surface area contributed by atoms with Crippen molar-refractivity contribution in [2.75, 3.05) is 0 Å². The number of esters is 1. The van der Waals surface area contributed by atoms with Crippen LogP contribution in [0.5, 0.6) is 0 Å². The van der Waals surface area contributed by atoms with E-state index in [1.54, 1.807) is 13.0 Å². The minimum Gasteiger partial charge on any atom is -0.446 e. The third kappa shape index (κ3) is 4.10. The van der Waals surface area contributed by atoms with Gasteiger partial charge in [-0.15, -0.1) is 0 Å². The summed E-state index contributed by atoms with van der Waals surface area (Å²) in [5.41, 5.74) is 1.48. The summed E-state index contributed by atoms with van der Waals surface area (Å²) in [5, 5.41) is 0. The van der Waals surface area contributed by atoms with Crippen LogP contribution in [-0.4, -0.2) is 12.1 Å². The van der Waals surface area contributed by atoms with Crippen molar-refractivity contribution in [1.82, 2.24) is 0 Å². The third-order valence-corrected chi connectivity index (χ3v) is 3.51. The van der Waals surface area contributed by atoms with E-state index in [2.05, 4.69) is 34.4 Å². The van der Waals surface area contributed by atoms with Gasteiger partial charge in [0.15, 0.2) is 6.10 Å². The Morgan fingerprint density at radius 1 is 1.10 bits per heavy atom. The number of benzene rings is 2. The number of hydrogen-bond donors (Lipinski definition) is 0. The maximum atomic E-state index is 12.0. The highest BCUT2D eigenvalue weighted by molar-refractivity contribution is 14.1. The Morgan fingerprint density at radius 2 is 1.75 bits per heavy atom. The molecule has 0 saturated heterocycles. The van der Waals surface area contributed by atoms with E-state index in [4.69, 9.17) is 4.74 Å². The molecule has 0 amide bonds. The zero-order valence-electron chi connectivity index (χ0n) is 11.0. The average Bonchev–Trinajstić information content (AvgIpc) is 2.46. The van der Waals surface area contributed by atoms with E-state index in [-0.39, 0.29) is 5.97 Å². The van der Waals surface area contributed by atoms with Gasteiger partial charge in [0.2, 0.25) is 0 Å². The largest absolute Gasteiger partial charge is 0.446 e. The molecule has 0 aliphatic rings. The van der Waals surface area contributed by atoms with Crippen LogP contribution < -0.4 is 0 Å². The molecule has 2 rings (SSSR count). The van der Waals surface area contributed by atoms with Gasteiger partial charge in [-0.25, -0.2) is 4.79 Å². The van der Waals surface area contributed by atoms with E-state index in [1.807, 2.05) is 48.5 Å². The summed E-state index contributed by atoms with van der Waals surface area (Å²) < 4.78 is 6.20. The minimum absolute atomic E-state index is 0.343. The molecule has 20 heavy (non-hydrogen) atoms. The van der Waals surface area contributed by atoms with Gasteiger partial charge in [0.25, 0.3) is 0 Å². The second-order valence-electron chi connectivity index (χ2n) is 4.16. The van der Waals surface area contributed by atoms with Gasteiger partial charge < -0.3 is 4.74 Å². The van der Waals surface area contributed by atoms with Crippen molar-refractivity contribution in [3.63, 3.8) is 0 Å². The van der Waals surface area contributed by atoms with Crippen molar-refractivity contribution < 1.29 is 9.53 Å². The molecule has 0 radical (unpaired) electrons. The Labute approximate surface area is 132 Å². The van der Waals surface area contributed by atoms with Crippen molar-refractivity contribution in [1.29, 1.82) is 0 Å². The van der Waals surface area contributed by atoms with Crippen LogP contribution in [0, 0.1) is 15.4 Å². The summed E-state index contributed by atoms with van der Waals surface area (Å²) in [6.07, 6.45) is -0.446. The molecule has 0 bridgehead atoms. The zero-order valence-corrected chi connectivity index (χ0v) is 13.1. The van der Waals surface area contributed by atoms with Crippen LogP contribution in [0.15, 0.2) is 54.6 Å². The average molecular weight is 376 g/mol. The summed E-state index contributed by atoms with van der Waals surface area (Å²) in [4.78, 5) is 12.0. The van der Waals surface area contributed by atoms with Gasteiger partial charge in [-0.1, -0.05) is 42.2 Å². The van der Waals surface area contributed by atoms with Gasteiger partial charge in [-0.05, 0) is 53.8 Å². The Hall–Kier alpha value is -1.80. The van der Waals surface area contributed by atoms with Gasteiger partial charge >= 0.3 is 5.97 Å². The van der Waals surface area contributed by atoms with E-state index in [9.17, 15) is 4.79 Å². The van der Waals surface area contributed by atoms with Gasteiger partial charge in [-0.3, -0.25) is 0 Å². The second-order valence-corrected chi connectivity index (χ2v) is 5.32. The van der Waals surface area contributed by atoms with Crippen molar-refractivity contribution in [2.45, 2.75) is 13.0 Å². The molecule has 2 aromatic rings. The monoisotopic (exact) mass is 376 g/mol. The fourth-order valence-corrected chi connectivity index (χ4v) is 2.19. The number of hydrogen-bond acceptors (Lipinski definition) is 2. The molecule has 0 fully saturated rings. The maximum Gasteiger partial charge on any atom is 0.340 e. The van der Waals surface area contributed by atoms with Gasteiger partial charge in [-0.2, -0.15) is 0 Å². The van der Waals surface area contributed by atoms with E-state index >= 15 is 0 Å². The van der Waals surface area contributed by atoms with Crippen molar-refractivity contribution in [2.24, 2.45) is 0 Å². The number of halogens is 1. The summed E-state index contributed by atoms with van der Waals surface area (Å²) in [6, 6.07) is 16.9. The first-order valence-electron chi connectivity index (χ1n) is 6.19. The van der Waals surface area contributed by atoms with Gasteiger partial charge in [0.1, 0.15) is 0 Å². The first kappa shape index (κ1) is 14.6. The normalized spacial score (nSPS) is 11.1. The molecule has 2 aromatic carbocycles. The molecule has 100 valence electrons. The molecule has 0 aliphatic carbocycles. The highest BCUT2D eigenvalue weighted by atomic mass is 127. The molecule has 0 saturated carbocycles. The highest BCUT2D eigenvalue weighted by Gasteiger charge is 2.12. The minimum atomic E-state index is -0.446. The first-order valence-corrected chi connectivity index (χ1v) is 7.27. The van der Waals surface area contributed by atoms with Crippen LogP contribution >= 0.6 is 22.6 Å². The van der Waals surface area contributed by atoms with Crippen LogP contribution in [0.2, 0.25) is 0 Å². The smallest absolute Gasteiger partial charge is 0.340 e. The quantitative estimate of drug-likeness (QED) is 0.452. The van der Waals surface area contributed by atoms with Crippen LogP contribution in [0.3, 0.4) is 0 Å². The van der Waals surface area contributed by atoms with Gasteiger partial charge in [0.05, 0.1) is 5.56 Å². The number of carbonyl (C=O) groups excluding carboxylic acids is 1. The Balaban J connectivity index is 2.02. The molecule has 0 N–H and O–H groups in total. The molecule has 1 unspecified atom stereocenters. The fraction of sp³-hybridized carbons (Fsp3) is 0.118. The second kappa shape index (κ2) is 7.11. The first-order chi connectivity index (χ1) is 9.66. The fourth-order valence-electron chi connectivity index (χ4n) is 1.59. The molecular weight excluding hydrogens is 363 g/mol. The predicted molar refractivity (Wildman–Crippen MR) is 87.4 cm³/mol. The standard InChI is InChI=1S/C17H13IO2/c1-13(11-12-14-7-3-2-4-8-14)20-17(19)15-9-5-6-10-16(15)18/h2-10,13H,1H3. The van der Waals surface area contributed by atoms with E-state index in [1.165, 1.54) is 0 Å². The lowest BCUT2D eigenvalue weighted by Crippen LogP contribution is -2.14. The summed E-state index contributed by atoms with van der Waals surface area (Å²) in [6.45, 7) is 1.77. The molecule has 0 aromatic heterocycles.